The van der Waals surface area contributed by atoms with Crippen molar-refractivity contribution in [2.45, 2.75) is 0 Å². The van der Waals surface area contributed by atoms with Crippen LogP contribution in [0.15, 0.2) is 39.2 Å². The number of hydrogen-bond donors (Lipinski definition) is 1. The summed E-state index contributed by atoms with van der Waals surface area (Å²) < 4.78 is 24.1. The van der Waals surface area contributed by atoms with Gasteiger partial charge in [-0.2, -0.15) is 0 Å². The number of fused-ring (bicyclic) bond motifs is 1. The summed E-state index contributed by atoms with van der Waals surface area (Å²) in [4.78, 5) is 16.2. The number of carbonyl (C=O) groups excluding carboxylic acids is 1. The van der Waals surface area contributed by atoms with Gasteiger partial charge >= 0.3 is 5.91 Å². The Bertz CT molecular complexity index is 913. The molecule has 3 rings (SSSR count). The van der Waals surface area contributed by atoms with Crippen molar-refractivity contribution in [3.8, 4) is 5.75 Å². The Hall–Kier alpha value is -2.12. The van der Waals surface area contributed by atoms with Crippen molar-refractivity contribution in [2.75, 3.05) is 12.4 Å². The lowest BCUT2D eigenvalue weighted by Gasteiger charge is -2.06. The average molecular weight is 400 g/mol. The number of nitrogens with zero attached hydrogens (tertiary/aromatic N) is 1. The van der Waals surface area contributed by atoms with Gasteiger partial charge in [-0.15, -0.1) is 0 Å². The van der Waals surface area contributed by atoms with Crippen LogP contribution in [0.4, 0.5) is 10.1 Å². The zero-order valence-electron chi connectivity index (χ0n) is 11.7. The second kappa shape index (κ2) is 6.17. The Morgan fingerprint density at radius 1 is 1.39 bits per heavy atom. The van der Waals surface area contributed by atoms with Crippen molar-refractivity contribution >= 4 is 50.2 Å². The van der Waals surface area contributed by atoms with Crippen LogP contribution < -0.4 is 10.1 Å². The molecular formula is C15H9BrClFN2O3. The van der Waals surface area contributed by atoms with E-state index in [-0.39, 0.29) is 17.0 Å². The second-order valence-corrected chi connectivity index (χ2v) is 5.82. The molecule has 1 amide bonds. The van der Waals surface area contributed by atoms with E-state index in [4.69, 9.17) is 20.8 Å². The molecule has 1 N–H and O–H groups in total. The maximum absolute atomic E-state index is 13.3. The molecule has 1 heterocycles. The first-order chi connectivity index (χ1) is 11.0. The summed E-state index contributed by atoms with van der Waals surface area (Å²) in [5.74, 6) is -0.712. The van der Waals surface area contributed by atoms with Crippen LogP contribution in [0.2, 0.25) is 5.02 Å². The molecule has 23 heavy (non-hydrogen) atoms. The van der Waals surface area contributed by atoms with Crippen molar-refractivity contribution in [3.63, 3.8) is 0 Å². The lowest BCUT2D eigenvalue weighted by Crippen LogP contribution is -2.12. The molecule has 2 aromatic carbocycles. The van der Waals surface area contributed by atoms with Crippen LogP contribution in [0.3, 0.4) is 0 Å². The summed E-state index contributed by atoms with van der Waals surface area (Å²) in [6.45, 7) is 0. The predicted octanol–water partition coefficient (Wildman–Crippen LogP) is 4.64. The molecule has 0 saturated heterocycles. The van der Waals surface area contributed by atoms with Gasteiger partial charge in [0.05, 0.1) is 22.3 Å². The normalized spacial score (nSPS) is 10.8. The molecule has 0 radical (unpaired) electrons. The third kappa shape index (κ3) is 3.16. The smallest absolute Gasteiger partial charge is 0.311 e. The number of amides is 1. The molecule has 0 unspecified atom stereocenters. The van der Waals surface area contributed by atoms with Crippen molar-refractivity contribution in [1.29, 1.82) is 0 Å². The topological polar surface area (TPSA) is 64.4 Å². The molecule has 0 aliphatic heterocycles. The number of halogens is 3. The van der Waals surface area contributed by atoms with Crippen LogP contribution in [-0.4, -0.2) is 18.0 Å². The molecular weight excluding hydrogens is 391 g/mol. The van der Waals surface area contributed by atoms with E-state index in [9.17, 15) is 9.18 Å². The third-order valence-corrected chi connectivity index (χ3v) is 3.93. The lowest BCUT2D eigenvalue weighted by atomic mass is 10.3. The van der Waals surface area contributed by atoms with E-state index >= 15 is 0 Å². The number of ether oxygens (including phenoxy) is 1. The molecule has 0 aliphatic rings. The summed E-state index contributed by atoms with van der Waals surface area (Å²) in [5, 5.41) is 2.89. The number of nitrogens with one attached hydrogen (secondary N) is 1. The standard InChI is InChI=1S/C15H9BrClFN2O3/c1-22-8-2-3-11(10(17)6-8)19-14(21)15-20-12-5-7(18)4-9(16)13(12)23-15/h2-6H,1H3,(H,19,21). The van der Waals surface area contributed by atoms with Gasteiger partial charge in [-0.3, -0.25) is 4.79 Å². The third-order valence-electron chi connectivity index (χ3n) is 3.03. The minimum absolute atomic E-state index is 0.196. The average Bonchev–Trinajstić information content (AvgIpc) is 2.93. The molecule has 5 nitrogen and oxygen atoms in total. The molecule has 0 spiro atoms. The molecule has 8 heteroatoms. The van der Waals surface area contributed by atoms with Crippen molar-refractivity contribution in [2.24, 2.45) is 0 Å². The molecule has 0 atom stereocenters. The molecule has 0 saturated carbocycles. The van der Waals surface area contributed by atoms with Crippen molar-refractivity contribution in [3.05, 3.63) is 51.5 Å². The van der Waals surface area contributed by atoms with E-state index in [1.807, 2.05) is 0 Å². The Kier molecular flexibility index (Phi) is 4.23. The van der Waals surface area contributed by atoms with Gasteiger partial charge in [0, 0.05) is 12.1 Å². The number of oxazole rings is 1. The largest absolute Gasteiger partial charge is 0.497 e. The maximum atomic E-state index is 13.3. The Balaban J connectivity index is 1.90. The van der Waals surface area contributed by atoms with E-state index in [1.54, 1.807) is 18.2 Å². The molecule has 3 aromatic rings. The van der Waals surface area contributed by atoms with Gasteiger partial charge in [0.25, 0.3) is 5.89 Å². The fraction of sp³-hybridized carbons (Fsp3) is 0.0667. The van der Waals surface area contributed by atoms with Gasteiger partial charge in [0.15, 0.2) is 5.58 Å². The first kappa shape index (κ1) is 15.8. The van der Waals surface area contributed by atoms with Crippen LogP contribution in [0, 0.1) is 5.82 Å². The minimum Gasteiger partial charge on any atom is -0.497 e. The number of benzene rings is 2. The maximum Gasteiger partial charge on any atom is 0.311 e. The van der Waals surface area contributed by atoms with E-state index in [0.717, 1.165) is 0 Å². The second-order valence-electron chi connectivity index (χ2n) is 4.55. The quantitative estimate of drug-likeness (QED) is 0.696. The highest BCUT2D eigenvalue weighted by molar-refractivity contribution is 9.10. The number of anilines is 1. The summed E-state index contributed by atoms with van der Waals surface area (Å²) >= 11 is 9.23. The van der Waals surface area contributed by atoms with Crippen molar-refractivity contribution in [1.82, 2.24) is 4.98 Å². The SMILES string of the molecule is COc1ccc(NC(=O)c2nc3cc(F)cc(Br)c3o2)c(Cl)c1. The Morgan fingerprint density at radius 3 is 2.87 bits per heavy atom. The highest BCUT2D eigenvalue weighted by atomic mass is 79.9. The fourth-order valence-electron chi connectivity index (χ4n) is 1.96. The van der Waals surface area contributed by atoms with Gasteiger partial charge in [0.1, 0.15) is 17.1 Å². The van der Waals surface area contributed by atoms with Crippen LogP contribution in [0.25, 0.3) is 11.1 Å². The molecule has 0 fully saturated rings. The van der Waals surface area contributed by atoms with E-state index in [2.05, 4.69) is 26.2 Å². The highest BCUT2D eigenvalue weighted by Gasteiger charge is 2.18. The van der Waals surface area contributed by atoms with Crippen LogP contribution >= 0.6 is 27.5 Å². The number of carbonyl (C=O) groups is 1. The van der Waals surface area contributed by atoms with E-state index < -0.39 is 11.7 Å². The first-order valence-corrected chi connectivity index (χ1v) is 7.55. The predicted molar refractivity (Wildman–Crippen MR) is 87.6 cm³/mol. The van der Waals surface area contributed by atoms with Gasteiger partial charge in [-0.1, -0.05) is 11.6 Å². The Labute approximate surface area is 143 Å². The van der Waals surface area contributed by atoms with Gasteiger partial charge in [-0.05, 0) is 34.1 Å². The lowest BCUT2D eigenvalue weighted by molar-refractivity contribution is 0.0992. The number of hydrogen-bond acceptors (Lipinski definition) is 4. The zero-order chi connectivity index (χ0) is 16.6. The first-order valence-electron chi connectivity index (χ1n) is 6.38. The van der Waals surface area contributed by atoms with Gasteiger partial charge in [0.2, 0.25) is 0 Å². The van der Waals surface area contributed by atoms with Crippen LogP contribution in [-0.2, 0) is 0 Å². The number of aromatic nitrogens is 1. The monoisotopic (exact) mass is 398 g/mol. The van der Waals surface area contributed by atoms with Gasteiger partial charge in [-0.25, -0.2) is 9.37 Å². The van der Waals surface area contributed by atoms with Crippen LogP contribution in [0.1, 0.15) is 10.7 Å². The van der Waals surface area contributed by atoms with Gasteiger partial charge < -0.3 is 14.5 Å². The number of methoxy groups -OCH3 is 1. The van der Waals surface area contributed by atoms with Crippen molar-refractivity contribution < 1.29 is 18.3 Å². The summed E-state index contributed by atoms with van der Waals surface area (Å²) in [6.07, 6.45) is 0. The molecule has 0 aliphatic carbocycles. The highest BCUT2D eigenvalue weighted by Crippen LogP contribution is 2.29. The van der Waals surface area contributed by atoms with E-state index in [1.165, 1.54) is 19.2 Å². The summed E-state index contributed by atoms with van der Waals surface area (Å²) in [7, 11) is 1.51. The van der Waals surface area contributed by atoms with Crippen LogP contribution in [0.5, 0.6) is 5.75 Å². The fourth-order valence-corrected chi connectivity index (χ4v) is 2.68. The Morgan fingerprint density at radius 2 is 2.17 bits per heavy atom. The molecule has 0 bridgehead atoms. The minimum atomic E-state index is -0.597. The van der Waals surface area contributed by atoms with E-state index in [0.29, 0.717) is 20.9 Å². The zero-order valence-corrected chi connectivity index (χ0v) is 14.0. The molecule has 1 aromatic heterocycles. The molecule has 118 valence electrons. The summed E-state index contributed by atoms with van der Waals surface area (Å²) in [5.41, 5.74) is 0.908. The number of rotatable bonds is 3. The summed E-state index contributed by atoms with van der Waals surface area (Å²) in [6, 6.07) is 7.22.